The van der Waals surface area contributed by atoms with Gasteiger partial charge < -0.3 is 20.5 Å². The van der Waals surface area contributed by atoms with Crippen molar-refractivity contribution in [2.75, 3.05) is 19.7 Å². The lowest BCUT2D eigenvalue weighted by Crippen LogP contribution is -2.42. The van der Waals surface area contributed by atoms with Crippen LogP contribution in [0.4, 0.5) is 0 Å². The molecule has 0 aliphatic heterocycles. The van der Waals surface area contributed by atoms with E-state index in [1.165, 1.54) is 17.5 Å². The molecule has 1 rings (SSSR count). The van der Waals surface area contributed by atoms with Crippen LogP contribution >= 0.6 is 11.3 Å². The summed E-state index contributed by atoms with van der Waals surface area (Å²) in [6.45, 7) is 9.42. The van der Waals surface area contributed by atoms with Crippen LogP contribution in [0.3, 0.4) is 0 Å². The number of unbranched alkanes of at least 4 members (excludes halogenated alkanes) is 1. The van der Waals surface area contributed by atoms with Gasteiger partial charge in [-0.2, -0.15) is 0 Å². The number of aliphatic hydroxyl groups excluding tert-OH is 1. The minimum atomic E-state index is -0.628. The predicted octanol–water partition coefficient (Wildman–Crippen LogP) is 2.75. The lowest BCUT2D eigenvalue weighted by molar-refractivity contribution is 0.0957. The number of aromatic nitrogens is 1. The molecule has 3 N–H and O–H groups in total. The van der Waals surface area contributed by atoms with Gasteiger partial charge in [0.2, 0.25) is 0 Å². The standard InChI is InChI=1S/C18H31N3O3S/c1-5-6-7-8-9-10-19-16(23)15-12-20-17(25-15)24-13-14(22)11-21-18(2,3)4/h6-7,12,14,21-22H,5,8-11,13H2,1-4H3,(H,19,23)/b7-6-. The van der Waals surface area contributed by atoms with Crippen LogP contribution in [0.5, 0.6) is 5.19 Å². The van der Waals surface area contributed by atoms with Crippen molar-refractivity contribution < 1.29 is 14.6 Å². The van der Waals surface area contributed by atoms with Crippen LogP contribution in [0.25, 0.3) is 0 Å². The Kier molecular flexibility index (Phi) is 9.70. The van der Waals surface area contributed by atoms with Gasteiger partial charge in [-0.3, -0.25) is 4.79 Å². The minimum Gasteiger partial charge on any atom is -0.467 e. The number of hydrogen-bond acceptors (Lipinski definition) is 6. The Morgan fingerprint density at radius 3 is 2.88 bits per heavy atom. The van der Waals surface area contributed by atoms with Crippen molar-refractivity contribution in [1.82, 2.24) is 15.6 Å². The molecule has 7 heteroatoms. The summed E-state index contributed by atoms with van der Waals surface area (Å²) < 4.78 is 5.46. The topological polar surface area (TPSA) is 83.5 Å². The fourth-order valence-corrected chi connectivity index (χ4v) is 2.56. The van der Waals surface area contributed by atoms with Gasteiger partial charge >= 0.3 is 0 Å². The number of carbonyl (C=O) groups excluding carboxylic acids is 1. The number of nitrogens with zero attached hydrogens (tertiary/aromatic N) is 1. The maximum Gasteiger partial charge on any atom is 0.273 e. The van der Waals surface area contributed by atoms with Crippen LogP contribution in [0.15, 0.2) is 18.3 Å². The third-order valence-corrected chi connectivity index (χ3v) is 4.12. The highest BCUT2D eigenvalue weighted by atomic mass is 32.1. The van der Waals surface area contributed by atoms with Crippen molar-refractivity contribution in [2.45, 2.75) is 58.6 Å². The fraction of sp³-hybridized carbons (Fsp3) is 0.667. The van der Waals surface area contributed by atoms with E-state index in [0.717, 1.165) is 19.3 Å². The van der Waals surface area contributed by atoms with Crippen LogP contribution in [0.2, 0.25) is 0 Å². The number of nitrogens with one attached hydrogen (secondary N) is 2. The molecule has 0 saturated heterocycles. The van der Waals surface area contributed by atoms with E-state index in [0.29, 0.717) is 23.2 Å². The van der Waals surface area contributed by atoms with Crippen LogP contribution < -0.4 is 15.4 Å². The average molecular weight is 370 g/mol. The highest BCUT2D eigenvalue weighted by molar-refractivity contribution is 7.15. The van der Waals surface area contributed by atoms with Gasteiger partial charge in [0.15, 0.2) is 0 Å². The van der Waals surface area contributed by atoms with Gasteiger partial charge in [0.05, 0.1) is 6.20 Å². The molecule has 1 aromatic heterocycles. The lowest BCUT2D eigenvalue weighted by Gasteiger charge is -2.22. The molecule has 0 spiro atoms. The molecule has 0 aliphatic carbocycles. The first kappa shape index (κ1) is 21.6. The summed E-state index contributed by atoms with van der Waals surface area (Å²) in [6.07, 6.45) is 8.05. The molecule has 0 bridgehead atoms. The molecular weight excluding hydrogens is 338 g/mol. The Balaban J connectivity index is 2.28. The molecule has 0 aliphatic rings. The highest BCUT2D eigenvalue weighted by Crippen LogP contribution is 2.20. The van der Waals surface area contributed by atoms with Gasteiger partial charge in [-0.1, -0.05) is 30.4 Å². The zero-order chi connectivity index (χ0) is 18.7. The average Bonchev–Trinajstić information content (AvgIpc) is 3.02. The quantitative estimate of drug-likeness (QED) is 0.413. The number of carbonyl (C=O) groups is 1. The van der Waals surface area contributed by atoms with E-state index in [4.69, 9.17) is 4.74 Å². The van der Waals surface area contributed by atoms with Gasteiger partial charge in [0.1, 0.15) is 17.6 Å². The van der Waals surface area contributed by atoms with Crippen molar-refractivity contribution in [1.29, 1.82) is 0 Å². The van der Waals surface area contributed by atoms with Gasteiger partial charge in [-0.15, -0.1) is 0 Å². The molecular formula is C18H31N3O3S. The van der Waals surface area contributed by atoms with Gasteiger partial charge in [-0.25, -0.2) is 4.98 Å². The number of ether oxygens (including phenoxy) is 1. The van der Waals surface area contributed by atoms with E-state index >= 15 is 0 Å². The SMILES string of the molecule is CC/C=C\CCCNC(=O)c1cnc(OCC(O)CNC(C)(C)C)s1. The number of allylic oxidation sites excluding steroid dienone is 2. The molecule has 6 nitrogen and oxygen atoms in total. The van der Waals surface area contributed by atoms with Crippen molar-refractivity contribution in [3.8, 4) is 5.19 Å². The summed E-state index contributed by atoms with van der Waals surface area (Å²) in [4.78, 5) is 16.6. The van der Waals surface area contributed by atoms with Crippen LogP contribution in [-0.4, -0.2) is 47.3 Å². The first-order valence-electron chi connectivity index (χ1n) is 8.76. The zero-order valence-electron chi connectivity index (χ0n) is 15.7. The van der Waals surface area contributed by atoms with E-state index in [9.17, 15) is 9.90 Å². The van der Waals surface area contributed by atoms with Crippen molar-refractivity contribution in [2.24, 2.45) is 0 Å². The van der Waals surface area contributed by atoms with Crippen molar-refractivity contribution in [3.63, 3.8) is 0 Å². The second kappa shape index (κ2) is 11.2. The summed E-state index contributed by atoms with van der Waals surface area (Å²) in [7, 11) is 0. The van der Waals surface area contributed by atoms with Crippen molar-refractivity contribution >= 4 is 17.2 Å². The number of β-amino-alcohol motifs (C(OH)–C–C–N with tert-alkyl or cyclic N) is 1. The number of amides is 1. The predicted molar refractivity (Wildman–Crippen MR) is 102 cm³/mol. The van der Waals surface area contributed by atoms with E-state index in [1.54, 1.807) is 0 Å². The van der Waals surface area contributed by atoms with Crippen LogP contribution in [0.1, 0.15) is 56.6 Å². The summed E-state index contributed by atoms with van der Waals surface area (Å²) in [6, 6.07) is 0. The summed E-state index contributed by atoms with van der Waals surface area (Å²) in [5.74, 6) is -0.137. The molecule has 142 valence electrons. The second-order valence-electron chi connectivity index (χ2n) is 6.86. The molecule has 1 unspecified atom stereocenters. The first-order chi connectivity index (χ1) is 11.8. The van der Waals surface area contributed by atoms with Gasteiger partial charge in [0.25, 0.3) is 11.1 Å². The normalized spacial score (nSPS) is 13.2. The second-order valence-corrected chi connectivity index (χ2v) is 7.86. The number of thiazole rings is 1. The first-order valence-corrected chi connectivity index (χ1v) is 9.58. The number of aliphatic hydroxyl groups is 1. The van der Waals surface area contributed by atoms with Crippen LogP contribution in [-0.2, 0) is 0 Å². The molecule has 1 aromatic rings. The monoisotopic (exact) mass is 369 g/mol. The minimum absolute atomic E-state index is 0.0558. The highest BCUT2D eigenvalue weighted by Gasteiger charge is 2.14. The summed E-state index contributed by atoms with van der Waals surface area (Å²) in [5, 5.41) is 16.4. The maximum atomic E-state index is 12.0. The number of hydrogen-bond donors (Lipinski definition) is 3. The Labute approximate surface area is 154 Å². The molecule has 1 atom stereocenters. The van der Waals surface area contributed by atoms with Gasteiger partial charge in [-0.05, 0) is 40.0 Å². The zero-order valence-corrected chi connectivity index (χ0v) is 16.5. The maximum absolute atomic E-state index is 12.0. The molecule has 0 aromatic carbocycles. The Morgan fingerprint density at radius 1 is 1.44 bits per heavy atom. The van der Waals surface area contributed by atoms with Crippen LogP contribution in [0, 0.1) is 0 Å². The largest absolute Gasteiger partial charge is 0.467 e. The molecule has 0 fully saturated rings. The fourth-order valence-electron chi connectivity index (χ4n) is 1.87. The Bertz CT molecular complexity index is 538. The Morgan fingerprint density at radius 2 is 2.20 bits per heavy atom. The van der Waals surface area contributed by atoms with E-state index in [-0.39, 0.29) is 18.1 Å². The molecule has 0 saturated carbocycles. The third-order valence-electron chi connectivity index (χ3n) is 3.21. The summed E-state index contributed by atoms with van der Waals surface area (Å²) in [5.41, 5.74) is -0.0558. The van der Waals surface area contributed by atoms with E-state index in [2.05, 4.69) is 34.7 Å². The number of rotatable bonds is 11. The van der Waals surface area contributed by atoms with Crippen molar-refractivity contribution in [3.05, 3.63) is 23.2 Å². The Hall–Kier alpha value is -1.44. The third kappa shape index (κ3) is 10.2. The molecule has 1 amide bonds. The lowest BCUT2D eigenvalue weighted by atomic mass is 10.1. The molecule has 0 radical (unpaired) electrons. The molecule has 25 heavy (non-hydrogen) atoms. The van der Waals surface area contributed by atoms with E-state index < -0.39 is 6.10 Å². The van der Waals surface area contributed by atoms with Gasteiger partial charge in [0, 0.05) is 18.6 Å². The molecule has 1 heterocycles. The smallest absolute Gasteiger partial charge is 0.273 e. The summed E-state index contributed by atoms with van der Waals surface area (Å²) >= 11 is 1.19. The van der Waals surface area contributed by atoms with E-state index in [1.807, 2.05) is 20.8 Å².